The highest BCUT2D eigenvalue weighted by Gasteiger charge is 2.05. The van der Waals surface area contributed by atoms with Gasteiger partial charge in [-0.1, -0.05) is 6.07 Å². The van der Waals surface area contributed by atoms with Crippen molar-refractivity contribution in [3.05, 3.63) is 32.6 Å². The minimum Gasteiger partial charge on any atom is -0.298 e. The van der Waals surface area contributed by atoms with Gasteiger partial charge >= 0.3 is 0 Å². The number of hydrogen-bond acceptors (Lipinski definition) is 1. The highest BCUT2D eigenvalue weighted by atomic mass is 127. The Hall–Kier alpha value is -0.450. The van der Waals surface area contributed by atoms with E-state index in [0.29, 0.717) is 21.0 Å². The number of halogens is 2. The van der Waals surface area contributed by atoms with E-state index in [1.165, 1.54) is 0 Å². The van der Waals surface area contributed by atoms with E-state index in [1.54, 1.807) is 19.1 Å². The Bertz CT molecular complexity index is 296. The van der Waals surface area contributed by atoms with Crippen molar-refractivity contribution < 1.29 is 9.18 Å². The van der Waals surface area contributed by atoms with Gasteiger partial charge in [-0.05, 0) is 41.1 Å². The molecule has 1 nitrogen and oxygen atoms in total. The second kappa shape index (κ2) is 3.30. The maximum atomic E-state index is 13.0. The Balaban J connectivity index is 3.36. The van der Waals surface area contributed by atoms with Gasteiger partial charge in [0.2, 0.25) is 0 Å². The number of carbonyl (C=O) groups excluding carboxylic acids is 1. The first-order valence-electron chi connectivity index (χ1n) is 3.06. The van der Waals surface area contributed by atoms with Gasteiger partial charge in [-0.2, -0.15) is 0 Å². The summed E-state index contributed by atoms with van der Waals surface area (Å²) in [7, 11) is 0. The Morgan fingerprint density at radius 3 is 2.73 bits per heavy atom. The summed E-state index contributed by atoms with van der Waals surface area (Å²) >= 11 is 1.89. The lowest BCUT2D eigenvalue weighted by Crippen LogP contribution is -1.93. The predicted octanol–water partition coefficient (Wildman–Crippen LogP) is 2.55. The Morgan fingerprint density at radius 1 is 1.55 bits per heavy atom. The van der Waals surface area contributed by atoms with Crippen LogP contribution in [0.15, 0.2) is 12.1 Å². The number of carbonyl (C=O) groups is 1. The van der Waals surface area contributed by atoms with Gasteiger partial charge in [0.05, 0.1) is 0 Å². The molecule has 0 heterocycles. The van der Waals surface area contributed by atoms with Crippen LogP contribution in [-0.4, -0.2) is 6.29 Å². The van der Waals surface area contributed by atoms with Crippen LogP contribution in [0.3, 0.4) is 0 Å². The van der Waals surface area contributed by atoms with E-state index in [0.717, 1.165) is 0 Å². The minimum atomic E-state index is -0.296. The smallest absolute Gasteiger partial charge is 0.150 e. The molecule has 0 aromatic heterocycles. The molecule has 1 aromatic carbocycles. The molecule has 1 rings (SSSR count). The van der Waals surface area contributed by atoms with Crippen LogP contribution in [-0.2, 0) is 0 Å². The molecule has 58 valence electrons. The fourth-order valence-corrected chi connectivity index (χ4v) is 1.38. The Labute approximate surface area is 77.8 Å². The summed E-state index contributed by atoms with van der Waals surface area (Å²) < 4.78 is 13.6. The van der Waals surface area contributed by atoms with Crippen molar-refractivity contribution in [3.8, 4) is 0 Å². The summed E-state index contributed by atoms with van der Waals surface area (Å²) in [6.45, 7) is 1.60. The molecule has 0 aliphatic heterocycles. The zero-order chi connectivity index (χ0) is 8.43. The van der Waals surface area contributed by atoms with Gasteiger partial charge in [0.15, 0.2) is 0 Å². The van der Waals surface area contributed by atoms with Gasteiger partial charge in [0.1, 0.15) is 12.1 Å². The summed E-state index contributed by atoms with van der Waals surface area (Å²) in [5.41, 5.74) is 0.842. The van der Waals surface area contributed by atoms with E-state index >= 15 is 0 Å². The molecule has 0 bridgehead atoms. The average molecular weight is 264 g/mol. The van der Waals surface area contributed by atoms with Crippen LogP contribution in [0.25, 0.3) is 0 Å². The lowest BCUT2D eigenvalue weighted by atomic mass is 10.1. The number of hydrogen-bond donors (Lipinski definition) is 0. The van der Waals surface area contributed by atoms with Crippen molar-refractivity contribution in [2.24, 2.45) is 0 Å². The standard InChI is InChI=1S/C8H6FIO/c1-5-6(4-11)2-3-7(10)8(5)9/h2-4H,1H3. The van der Waals surface area contributed by atoms with Crippen molar-refractivity contribution in [1.82, 2.24) is 0 Å². The summed E-state index contributed by atoms with van der Waals surface area (Å²) in [4.78, 5) is 10.3. The lowest BCUT2D eigenvalue weighted by molar-refractivity contribution is 0.112. The Kier molecular flexibility index (Phi) is 2.59. The molecule has 0 amide bonds. The van der Waals surface area contributed by atoms with Crippen LogP contribution in [0.1, 0.15) is 15.9 Å². The average Bonchev–Trinajstić information content (AvgIpc) is 2.01. The first-order valence-corrected chi connectivity index (χ1v) is 4.14. The molecule has 0 radical (unpaired) electrons. The third-order valence-corrected chi connectivity index (χ3v) is 2.34. The zero-order valence-electron chi connectivity index (χ0n) is 5.90. The summed E-state index contributed by atoms with van der Waals surface area (Å²) in [5.74, 6) is -0.296. The van der Waals surface area contributed by atoms with Gasteiger partial charge in [0.25, 0.3) is 0 Å². The maximum absolute atomic E-state index is 13.0. The fraction of sp³-hybridized carbons (Fsp3) is 0.125. The van der Waals surface area contributed by atoms with E-state index in [9.17, 15) is 9.18 Å². The molecule has 0 fully saturated rings. The summed E-state index contributed by atoms with van der Waals surface area (Å²) in [5, 5.41) is 0. The van der Waals surface area contributed by atoms with Crippen LogP contribution >= 0.6 is 22.6 Å². The second-order valence-corrected chi connectivity index (χ2v) is 3.36. The van der Waals surface area contributed by atoms with Crippen molar-refractivity contribution >= 4 is 28.9 Å². The molecule has 0 atom stereocenters. The zero-order valence-corrected chi connectivity index (χ0v) is 8.05. The van der Waals surface area contributed by atoms with E-state index < -0.39 is 0 Å². The molecule has 0 unspecified atom stereocenters. The van der Waals surface area contributed by atoms with E-state index in [1.807, 2.05) is 22.6 Å². The molecule has 3 heteroatoms. The molecule has 0 aliphatic rings. The highest BCUT2D eigenvalue weighted by Crippen LogP contribution is 2.16. The largest absolute Gasteiger partial charge is 0.298 e. The second-order valence-electron chi connectivity index (χ2n) is 2.19. The molecule has 0 N–H and O–H groups in total. The molecular weight excluding hydrogens is 258 g/mol. The van der Waals surface area contributed by atoms with Crippen LogP contribution in [0.4, 0.5) is 4.39 Å². The number of benzene rings is 1. The quantitative estimate of drug-likeness (QED) is 0.562. The summed E-state index contributed by atoms with van der Waals surface area (Å²) in [6.07, 6.45) is 0.661. The summed E-state index contributed by atoms with van der Waals surface area (Å²) in [6, 6.07) is 3.21. The first-order chi connectivity index (χ1) is 5.16. The van der Waals surface area contributed by atoms with E-state index in [-0.39, 0.29) is 5.82 Å². The van der Waals surface area contributed by atoms with Crippen molar-refractivity contribution in [3.63, 3.8) is 0 Å². The molecule has 0 aliphatic carbocycles. The van der Waals surface area contributed by atoms with Crippen LogP contribution in [0.2, 0.25) is 0 Å². The van der Waals surface area contributed by atoms with Gasteiger partial charge in [-0.15, -0.1) is 0 Å². The number of rotatable bonds is 1. The normalized spacial score (nSPS) is 9.73. The third-order valence-electron chi connectivity index (χ3n) is 1.51. The molecule has 0 saturated carbocycles. The molecule has 11 heavy (non-hydrogen) atoms. The Morgan fingerprint density at radius 2 is 2.18 bits per heavy atom. The van der Waals surface area contributed by atoms with Crippen LogP contribution in [0, 0.1) is 16.3 Å². The van der Waals surface area contributed by atoms with E-state index in [2.05, 4.69) is 0 Å². The third kappa shape index (κ3) is 1.58. The van der Waals surface area contributed by atoms with Gasteiger partial charge in [0, 0.05) is 9.13 Å². The fourth-order valence-electron chi connectivity index (χ4n) is 0.795. The predicted molar refractivity (Wildman–Crippen MR) is 49.2 cm³/mol. The SMILES string of the molecule is Cc1c(C=O)ccc(I)c1F. The minimum absolute atomic E-state index is 0.296. The van der Waals surface area contributed by atoms with Gasteiger partial charge in [-0.3, -0.25) is 4.79 Å². The van der Waals surface area contributed by atoms with Crippen molar-refractivity contribution in [2.45, 2.75) is 6.92 Å². The van der Waals surface area contributed by atoms with Crippen LogP contribution in [0.5, 0.6) is 0 Å². The molecular formula is C8H6FIO. The van der Waals surface area contributed by atoms with E-state index in [4.69, 9.17) is 0 Å². The maximum Gasteiger partial charge on any atom is 0.150 e. The topological polar surface area (TPSA) is 17.1 Å². The van der Waals surface area contributed by atoms with Gasteiger partial charge < -0.3 is 0 Å². The molecule has 0 spiro atoms. The highest BCUT2D eigenvalue weighted by molar-refractivity contribution is 14.1. The lowest BCUT2D eigenvalue weighted by Gasteiger charge is -2.00. The monoisotopic (exact) mass is 264 g/mol. The first kappa shape index (κ1) is 8.64. The van der Waals surface area contributed by atoms with Gasteiger partial charge in [-0.25, -0.2) is 4.39 Å². The van der Waals surface area contributed by atoms with Crippen LogP contribution < -0.4 is 0 Å². The van der Waals surface area contributed by atoms with Crippen molar-refractivity contribution in [1.29, 1.82) is 0 Å². The molecule has 1 aromatic rings. The number of aldehydes is 1. The van der Waals surface area contributed by atoms with Crippen molar-refractivity contribution in [2.75, 3.05) is 0 Å². The molecule has 0 saturated heterocycles.